The quantitative estimate of drug-likeness (QED) is 0.745. The zero-order valence-corrected chi connectivity index (χ0v) is 10.4. The number of hydrogen-bond donors (Lipinski definition) is 2. The number of aromatic carboxylic acids is 1. The molecule has 98 valence electrons. The minimum Gasteiger partial charge on any atom is -0.505 e. The second-order valence-electron chi connectivity index (χ2n) is 4.46. The van der Waals surface area contributed by atoms with E-state index in [0.29, 0.717) is 5.56 Å². The topological polar surface area (TPSA) is 70.4 Å². The van der Waals surface area contributed by atoms with E-state index in [1.807, 2.05) is 42.5 Å². The number of benzene rings is 2. The molecule has 1 heterocycles. The number of carbonyl (C=O) groups is 1. The summed E-state index contributed by atoms with van der Waals surface area (Å²) in [6, 6.07) is 15.2. The van der Waals surface area contributed by atoms with Crippen LogP contribution in [0.1, 0.15) is 10.5 Å². The summed E-state index contributed by atoms with van der Waals surface area (Å²) in [5.74, 6) is -1.57. The normalized spacial score (nSPS) is 10.6. The highest BCUT2D eigenvalue weighted by molar-refractivity contribution is 5.90. The molecule has 0 saturated carbocycles. The second-order valence-corrected chi connectivity index (χ2v) is 4.46. The summed E-state index contributed by atoms with van der Waals surface area (Å²) in [6.07, 6.45) is 1.45. The number of aromatic nitrogens is 1. The maximum Gasteiger partial charge on any atom is 0.358 e. The summed E-state index contributed by atoms with van der Waals surface area (Å²) in [6.45, 7) is 0. The largest absolute Gasteiger partial charge is 0.505 e. The van der Waals surface area contributed by atoms with E-state index in [0.717, 1.165) is 16.3 Å². The standard InChI is InChI=1S/C16H11NO3/c18-14-8-13(9-17-15(14)16(19)20)12-6-5-10-3-1-2-4-11(10)7-12/h1-9,18H,(H,19,20). The lowest BCUT2D eigenvalue weighted by Gasteiger charge is -2.05. The van der Waals surface area contributed by atoms with Gasteiger partial charge in [-0.25, -0.2) is 9.78 Å². The molecule has 0 aliphatic carbocycles. The third-order valence-electron chi connectivity index (χ3n) is 3.15. The zero-order valence-electron chi connectivity index (χ0n) is 10.4. The molecule has 0 atom stereocenters. The van der Waals surface area contributed by atoms with E-state index in [9.17, 15) is 9.90 Å². The maximum absolute atomic E-state index is 10.8. The second kappa shape index (κ2) is 4.66. The summed E-state index contributed by atoms with van der Waals surface area (Å²) >= 11 is 0. The van der Waals surface area contributed by atoms with Crippen LogP contribution in [0.4, 0.5) is 0 Å². The van der Waals surface area contributed by atoms with Gasteiger partial charge in [0.25, 0.3) is 0 Å². The van der Waals surface area contributed by atoms with E-state index >= 15 is 0 Å². The van der Waals surface area contributed by atoms with Gasteiger partial charge in [0.2, 0.25) is 0 Å². The Hall–Kier alpha value is -2.88. The molecule has 0 bridgehead atoms. The van der Waals surface area contributed by atoms with Gasteiger partial charge in [0, 0.05) is 11.8 Å². The van der Waals surface area contributed by atoms with E-state index in [-0.39, 0.29) is 11.4 Å². The predicted octanol–water partition coefficient (Wildman–Crippen LogP) is 3.31. The fourth-order valence-corrected chi connectivity index (χ4v) is 2.14. The van der Waals surface area contributed by atoms with Crippen molar-refractivity contribution < 1.29 is 15.0 Å². The molecule has 3 aromatic rings. The van der Waals surface area contributed by atoms with E-state index in [1.54, 1.807) is 0 Å². The molecule has 0 spiro atoms. The lowest BCUT2D eigenvalue weighted by molar-refractivity contribution is 0.0687. The molecule has 2 N–H and O–H groups in total. The molecule has 3 rings (SSSR count). The van der Waals surface area contributed by atoms with Gasteiger partial charge in [-0.05, 0) is 28.5 Å². The van der Waals surface area contributed by atoms with Gasteiger partial charge in [-0.3, -0.25) is 0 Å². The van der Waals surface area contributed by atoms with Crippen LogP contribution < -0.4 is 0 Å². The summed E-state index contributed by atoms with van der Waals surface area (Å²) in [5, 5.41) is 20.7. The SMILES string of the molecule is O=C(O)c1ncc(-c2ccc3ccccc3c2)cc1O. The lowest BCUT2D eigenvalue weighted by atomic mass is 10.0. The number of aromatic hydroxyl groups is 1. The fraction of sp³-hybridized carbons (Fsp3) is 0. The van der Waals surface area contributed by atoms with E-state index in [1.165, 1.54) is 12.3 Å². The van der Waals surface area contributed by atoms with Crippen LogP contribution in [0.2, 0.25) is 0 Å². The molecule has 2 aromatic carbocycles. The number of pyridine rings is 1. The van der Waals surface area contributed by atoms with Crippen LogP contribution in [0, 0.1) is 0 Å². The number of carboxylic acid groups (broad SMARTS) is 1. The van der Waals surface area contributed by atoms with Gasteiger partial charge in [0.05, 0.1) is 0 Å². The molecule has 0 radical (unpaired) electrons. The van der Waals surface area contributed by atoms with Crippen LogP contribution in [0.5, 0.6) is 5.75 Å². The first-order chi connectivity index (χ1) is 9.65. The molecule has 0 fully saturated rings. The molecule has 0 amide bonds. The number of carboxylic acids is 1. The molecule has 1 aromatic heterocycles. The van der Waals surface area contributed by atoms with E-state index < -0.39 is 5.97 Å². The van der Waals surface area contributed by atoms with Crippen LogP contribution in [-0.4, -0.2) is 21.2 Å². The van der Waals surface area contributed by atoms with Crippen molar-refractivity contribution in [2.75, 3.05) is 0 Å². The van der Waals surface area contributed by atoms with Crippen LogP contribution in [-0.2, 0) is 0 Å². The summed E-state index contributed by atoms with van der Waals surface area (Å²) < 4.78 is 0. The Morgan fingerprint density at radius 2 is 1.70 bits per heavy atom. The Balaban J connectivity index is 2.11. The maximum atomic E-state index is 10.8. The number of fused-ring (bicyclic) bond motifs is 1. The van der Waals surface area contributed by atoms with Crippen molar-refractivity contribution in [3.8, 4) is 16.9 Å². The molecule has 4 heteroatoms. The summed E-state index contributed by atoms with van der Waals surface area (Å²) in [4.78, 5) is 14.6. The van der Waals surface area contributed by atoms with Crippen molar-refractivity contribution in [1.82, 2.24) is 4.98 Å². The number of rotatable bonds is 2. The first kappa shape index (κ1) is 12.2. The van der Waals surface area contributed by atoms with Gasteiger partial charge >= 0.3 is 5.97 Å². The average Bonchev–Trinajstić information content (AvgIpc) is 2.46. The molecule has 20 heavy (non-hydrogen) atoms. The molecule has 0 unspecified atom stereocenters. The highest BCUT2D eigenvalue weighted by Crippen LogP contribution is 2.27. The third kappa shape index (κ3) is 2.07. The fourth-order valence-electron chi connectivity index (χ4n) is 2.14. The van der Waals surface area contributed by atoms with Gasteiger partial charge in [-0.15, -0.1) is 0 Å². The minimum absolute atomic E-state index is 0.330. The van der Waals surface area contributed by atoms with Crippen LogP contribution in [0.25, 0.3) is 21.9 Å². The van der Waals surface area contributed by atoms with E-state index in [2.05, 4.69) is 4.98 Å². The Morgan fingerprint density at radius 3 is 2.40 bits per heavy atom. The van der Waals surface area contributed by atoms with Crippen molar-refractivity contribution >= 4 is 16.7 Å². The van der Waals surface area contributed by atoms with Gasteiger partial charge in [-0.2, -0.15) is 0 Å². The summed E-state index contributed by atoms with van der Waals surface area (Å²) in [7, 11) is 0. The van der Waals surface area contributed by atoms with Crippen LogP contribution in [0.15, 0.2) is 54.7 Å². The Kier molecular flexibility index (Phi) is 2.84. The highest BCUT2D eigenvalue weighted by atomic mass is 16.4. The predicted molar refractivity (Wildman–Crippen MR) is 75.8 cm³/mol. The van der Waals surface area contributed by atoms with Gasteiger partial charge < -0.3 is 10.2 Å². The average molecular weight is 265 g/mol. The minimum atomic E-state index is -1.24. The number of nitrogens with zero attached hydrogens (tertiary/aromatic N) is 1. The molecular formula is C16H11NO3. The number of hydrogen-bond acceptors (Lipinski definition) is 3. The molecule has 0 aliphatic heterocycles. The van der Waals surface area contributed by atoms with Crippen molar-refractivity contribution in [2.24, 2.45) is 0 Å². The summed E-state index contributed by atoms with van der Waals surface area (Å²) in [5.41, 5.74) is 1.22. The van der Waals surface area contributed by atoms with Crippen molar-refractivity contribution in [1.29, 1.82) is 0 Å². The monoisotopic (exact) mass is 265 g/mol. The smallest absolute Gasteiger partial charge is 0.358 e. The van der Waals surface area contributed by atoms with Crippen molar-refractivity contribution in [3.63, 3.8) is 0 Å². The third-order valence-corrected chi connectivity index (χ3v) is 3.15. The first-order valence-corrected chi connectivity index (χ1v) is 6.06. The van der Waals surface area contributed by atoms with Gasteiger partial charge in [0.15, 0.2) is 5.69 Å². The lowest BCUT2D eigenvalue weighted by Crippen LogP contribution is -2.00. The Labute approximate surface area is 115 Å². The zero-order chi connectivity index (χ0) is 14.1. The highest BCUT2D eigenvalue weighted by Gasteiger charge is 2.12. The first-order valence-electron chi connectivity index (χ1n) is 6.06. The molecular weight excluding hydrogens is 254 g/mol. The molecule has 0 saturated heterocycles. The van der Waals surface area contributed by atoms with Gasteiger partial charge in [-0.1, -0.05) is 36.4 Å². The van der Waals surface area contributed by atoms with Crippen molar-refractivity contribution in [2.45, 2.75) is 0 Å². The van der Waals surface area contributed by atoms with Crippen LogP contribution >= 0.6 is 0 Å². The van der Waals surface area contributed by atoms with Crippen molar-refractivity contribution in [3.05, 3.63) is 60.4 Å². The van der Waals surface area contributed by atoms with Crippen LogP contribution in [0.3, 0.4) is 0 Å². The molecule has 4 nitrogen and oxygen atoms in total. The molecule has 0 aliphatic rings. The van der Waals surface area contributed by atoms with E-state index in [4.69, 9.17) is 5.11 Å². The van der Waals surface area contributed by atoms with Gasteiger partial charge in [0.1, 0.15) is 5.75 Å². The Morgan fingerprint density at radius 1 is 0.950 bits per heavy atom. The Bertz CT molecular complexity index is 812.